The van der Waals surface area contributed by atoms with Crippen molar-refractivity contribution in [2.75, 3.05) is 33.4 Å². The van der Waals surface area contributed by atoms with Crippen molar-refractivity contribution in [2.45, 2.75) is 13.0 Å². The summed E-state index contributed by atoms with van der Waals surface area (Å²) in [7, 11) is 1.59. The van der Waals surface area contributed by atoms with Crippen LogP contribution in [0.5, 0.6) is 5.75 Å². The van der Waals surface area contributed by atoms with Gasteiger partial charge in [-0.25, -0.2) is 4.39 Å². The predicted molar refractivity (Wildman–Crippen MR) is 74.0 cm³/mol. The third-order valence-corrected chi connectivity index (χ3v) is 2.99. The monoisotopic (exact) mass is 284 g/mol. The fourth-order valence-electron chi connectivity index (χ4n) is 1.73. The highest BCUT2D eigenvalue weighted by Gasteiger charge is 2.18. The Hall–Kier alpha value is -1.66. The van der Waals surface area contributed by atoms with E-state index in [9.17, 15) is 9.18 Å². The number of ether oxygens (including phenoxy) is 2. The van der Waals surface area contributed by atoms with Gasteiger partial charge >= 0.3 is 0 Å². The highest BCUT2D eigenvalue weighted by atomic mass is 19.1. The number of hydrogen-bond donors (Lipinski definition) is 1. The number of nitrogens with two attached hydrogens (primary N) is 1. The molecule has 112 valence electrons. The molecule has 0 aliphatic rings. The van der Waals surface area contributed by atoms with Gasteiger partial charge in [0.2, 0.25) is 5.91 Å². The number of hydrogen-bond acceptors (Lipinski definition) is 4. The first-order chi connectivity index (χ1) is 9.54. The zero-order valence-electron chi connectivity index (χ0n) is 11.8. The number of rotatable bonds is 9. The van der Waals surface area contributed by atoms with Crippen LogP contribution < -0.4 is 10.5 Å². The van der Waals surface area contributed by atoms with E-state index in [1.54, 1.807) is 26.2 Å². The fraction of sp³-hybridized carbons (Fsp3) is 0.500. The van der Waals surface area contributed by atoms with Gasteiger partial charge in [-0.05, 0) is 19.1 Å². The Kier molecular flexibility index (Phi) is 6.97. The van der Waals surface area contributed by atoms with Gasteiger partial charge in [-0.1, -0.05) is 6.07 Å². The minimum atomic E-state index is -0.402. The first-order valence-corrected chi connectivity index (χ1v) is 6.45. The van der Waals surface area contributed by atoms with Crippen LogP contribution in [0.2, 0.25) is 0 Å². The van der Waals surface area contributed by atoms with Crippen LogP contribution in [-0.4, -0.2) is 50.3 Å². The van der Waals surface area contributed by atoms with Gasteiger partial charge in [0.15, 0.2) is 0 Å². The zero-order valence-corrected chi connectivity index (χ0v) is 11.8. The second-order valence-electron chi connectivity index (χ2n) is 4.41. The highest BCUT2D eigenvalue weighted by molar-refractivity contribution is 5.79. The van der Waals surface area contributed by atoms with Crippen LogP contribution in [0.25, 0.3) is 0 Å². The largest absolute Gasteiger partial charge is 0.492 e. The maximum Gasteiger partial charge on any atom is 0.234 e. The molecule has 0 heterocycles. The Morgan fingerprint density at radius 2 is 2.10 bits per heavy atom. The number of benzene rings is 1. The number of carbonyl (C=O) groups excluding carboxylic acids is 1. The first-order valence-electron chi connectivity index (χ1n) is 6.45. The first kappa shape index (κ1) is 16.4. The molecule has 5 nitrogen and oxygen atoms in total. The number of carbonyl (C=O) groups is 1. The Balaban J connectivity index is 2.47. The summed E-state index contributed by atoms with van der Waals surface area (Å²) in [4.78, 5) is 13.1. The van der Waals surface area contributed by atoms with E-state index in [4.69, 9.17) is 15.2 Å². The molecule has 20 heavy (non-hydrogen) atoms. The third kappa shape index (κ3) is 5.54. The highest BCUT2D eigenvalue weighted by Crippen LogP contribution is 2.12. The van der Waals surface area contributed by atoms with Crippen molar-refractivity contribution in [3.05, 3.63) is 30.1 Å². The quantitative estimate of drug-likeness (QED) is 0.735. The minimum absolute atomic E-state index is 0.338. The van der Waals surface area contributed by atoms with Gasteiger partial charge in [-0.2, -0.15) is 0 Å². The van der Waals surface area contributed by atoms with Gasteiger partial charge < -0.3 is 15.2 Å². The fourth-order valence-corrected chi connectivity index (χ4v) is 1.73. The standard InChI is InChI=1S/C14H21FN2O3/c1-11(14(16)18)17(6-8-19-2)7-9-20-13-5-3-4-12(15)10-13/h3-5,10-11H,6-9H2,1-2H3,(H2,16,18). The molecule has 0 spiro atoms. The minimum Gasteiger partial charge on any atom is -0.492 e. The average Bonchev–Trinajstić information content (AvgIpc) is 2.41. The molecule has 0 saturated carbocycles. The van der Waals surface area contributed by atoms with E-state index >= 15 is 0 Å². The van der Waals surface area contributed by atoms with E-state index in [2.05, 4.69) is 0 Å². The second-order valence-corrected chi connectivity index (χ2v) is 4.41. The maximum absolute atomic E-state index is 13.0. The lowest BCUT2D eigenvalue weighted by Gasteiger charge is -2.26. The number of primary amides is 1. The number of amides is 1. The predicted octanol–water partition coefficient (Wildman–Crippen LogP) is 1.03. The molecule has 6 heteroatoms. The van der Waals surface area contributed by atoms with E-state index < -0.39 is 11.9 Å². The van der Waals surface area contributed by atoms with Gasteiger partial charge in [0.25, 0.3) is 0 Å². The molecule has 0 aliphatic heterocycles. The van der Waals surface area contributed by atoms with E-state index in [0.29, 0.717) is 32.1 Å². The summed E-state index contributed by atoms with van der Waals surface area (Å²) >= 11 is 0. The van der Waals surface area contributed by atoms with E-state index in [-0.39, 0.29) is 5.82 Å². The molecular formula is C14H21FN2O3. The summed E-state index contributed by atoms with van der Waals surface area (Å²) in [5, 5.41) is 0. The van der Waals surface area contributed by atoms with Crippen LogP contribution in [-0.2, 0) is 9.53 Å². The summed E-state index contributed by atoms with van der Waals surface area (Å²) in [5.74, 6) is -0.278. The molecule has 1 aromatic rings. The lowest BCUT2D eigenvalue weighted by Crippen LogP contribution is -2.45. The smallest absolute Gasteiger partial charge is 0.234 e. The van der Waals surface area contributed by atoms with Crippen LogP contribution in [0, 0.1) is 5.82 Å². The lowest BCUT2D eigenvalue weighted by molar-refractivity contribution is -0.123. The Morgan fingerprint density at radius 1 is 1.40 bits per heavy atom. The summed E-state index contributed by atoms with van der Waals surface area (Å²) in [5.41, 5.74) is 5.30. The molecule has 0 aromatic heterocycles. The Bertz CT molecular complexity index is 429. The third-order valence-electron chi connectivity index (χ3n) is 2.99. The number of nitrogens with zero attached hydrogens (tertiary/aromatic N) is 1. The van der Waals surface area contributed by atoms with Crippen molar-refractivity contribution >= 4 is 5.91 Å². The van der Waals surface area contributed by atoms with Crippen molar-refractivity contribution in [3.8, 4) is 5.75 Å². The van der Waals surface area contributed by atoms with Gasteiger partial charge in [-0.3, -0.25) is 9.69 Å². The molecule has 1 rings (SSSR count). The van der Waals surface area contributed by atoms with E-state index in [1.807, 2.05) is 4.90 Å². The number of halogens is 1. The molecule has 0 bridgehead atoms. The molecule has 1 atom stereocenters. The molecule has 1 aromatic carbocycles. The van der Waals surface area contributed by atoms with Crippen LogP contribution >= 0.6 is 0 Å². The molecule has 0 fully saturated rings. The zero-order chi connectivity index (χ0) is 15.0. The Labute approximate surface area is 118 Å². The molecular weight excluding hydrogens is 263 g/mol. The summed E-state index contributed by atoms with van der Waals surface area (Å²) in [6, 6.07) is 5.53. The molecule has 0 aliphatic carbocycles. The van der Waals surface area contributed by atoms with Gasteiger partial charge in [0.05, 0.1) is 12.6 Å². The van der Waals surface area contributed by atoms with Crippen LogP contribution in [0.15, 0.2) is 24.3 Å². The van der Waals surface area contributed by atoms with Crippen molar-refractivity contribution in [3.63, 3.8) is 0 Å². The van der Waals surface area contributed by atoms with E-state index in [0.717, 1.165) is 0 Å². The van der Waals surface area contributed by atoms with Crippen LogP contribution in [0.1, 0.15) is 6.92 Å². The molecule has 1 amide bonds. The van der Waals surface area contributed by atoms with Crippen LogP contribution in [0.3, 0.4) is 0 Å². The van der Waals surface area contributed by atoms with Crippen molar-refractivity contribution in [1.82, 2.24) is 4.90 Å². The van der Waals surface area contributed by atoms with Gasteiger partial charge in [0.1, 0.15) is 18.2 Å². The number of methoxy groups -OCH3 is 1. The van der Waals surface area contributed by atoms with E-state index in [1.165, 1.54) is 12.1 Å². The van der Waals surface area contributed by atoms with Crippen molar-refractivity contribution in [1.29, 1.82) is 0 Å². The summed E-state index contributed by atoms with van der Waals surface area (Å²) < 4.78 is 23.4. The van der Waals surface area contributed by atoms with Gasteiger partial charge in [0, 0.05) is 26.3 Å². The van der Waals surface area contributed by atoms with Crippen molar-refractivity contribution in [2.24, 2.45) is 5.73 Å². The molecule has 1 unspecified atom stereocenters. The summed E-state index contributed by atoms with van der Waals surface area (Å²) in [6.07, 6.45) is 0. The topological polar surface area (TPSA) is 64.8 Å². The molecule has 0 radical (unpaired) electrons. The molecule has 0 saturated heterocycles. The van der Waals surface area contributed by atoms with Gasteiger partial charge in [-0.15, -0.1) is 0 Å². The lowest BCUT2D eigenvalue weighted by atomic mass is 10.2. The maximum atomic E-state index is 13.0. The van der Waals surface area contributed by atoms with Crippen LogP contribution in [0.4, 0.5) is 4.39 Å². The Morgan fingerprint density at radius 3 is 2.70 bits per heavy atom. The molecule has 2 N–H and O–H groups in total. The second kappa shape index (κ2) is 8.50. The average molecular weight is 284 g/mol. The van der Waals surface area contributed by atoms with Crippen molar-refractivity contribution < 1.29 is 18.7 Å². The SMILES string of the molecule is COCCN(CCOc1cccc(F)c1)C(C)C(N)=O. The summed E-state index contributed by atoms with van der Waals surface area (Å²) in [6.45, 7) is 3.65. The normalized spacial score (nSPS) is 12.4.